The van der Waals surface area contributed by atoms with Crippen molar-refractivity contribution in [2.75, 3.05) is 33.2 Å². The van der Waals surface area contributed by atoms with E-state index in [1.807, 2.05) is 50.0 Å². The van der Waals surface area contributed by atoms with Crippen LogP contribution in [0.4, 0.5) is 0 Å². The van der Waals surface area contributed by atoms with Gasteiger partial charge in [-0.05, 0) is 63.0 Å². The van der Waals surface area contributed by atoms with Crippen LogP contribution in [-0.2, 0) is 16.0 Å². The van der Waals surface area contributed by atoms with E-state index < -0.39 is 0 Å². The maximum atomic E-state index is 12.4. The van der Waals surface area contributed by atoms with Crippen LogP contribution in [0.1, 0.15) is 52.5 Å². The van der Waals surface area contributed by atoms with Crippen molar-refractivity contribution >= 4 is 35.4 Å². The predicted molar refractivity (Wildman–Crippen MR) is 149 cm³/mol. The van der Waals surface area contributed by atoms with Gasteiger partial charge in [-0.25, -0.2) is 0 Å². The number of nitrogens with zero attached hydrogens (tertiary/aromatic N) is 3. The first-order valence-electron chi connectivity index (χ1n) is 12.5. The summed E-state index contributed by atoms with van der Waals surface area (Å²) >= 11 is 11.6. The van der Waals surface area contributed by atoms with Crippen molar-refractivity contribution in [1.82, 2.24) is 14.7 Å². The lowest BCUT2D eigenvalue weighted by Gasteiger charge is -2.37. The monoisotopic (exact) mass is 521 g/mol. The third kappa shape index (κ3) is 9.83. The molecule has 1 unspecified atom stereocenters. The van der Waals surface area contributed by atoms with Crippen LogP contribution in [0, 0.1) is 0 Å². The Hall–Kier alpha value is -2.08. The molecule has 0 spiro atoms. The van der Waals surface area contributed by atoms with Gasteiger partial charge in [0.2, 0.25) is 5.91 Å². The quantitative estimate of drug-likeness (QED) is 0.322. The summed E-state index contributed by atoms with van der Waals surface area (Å²) in [4.78, 5) is 29.5. The van der Waals surface area contributed by atoms with Gasteiger partial charge in [-0.3, -0.25) is 14.5 Å². The van der Waals surface area contributed by atoms with Crippen molar-refractivity contribution in [3.05, 3.63) is 70.0 Å². The molecule has 7 heteroatoms. The Morgan fingerprint density at radius 2 is 1.89 bits per heavy atom. The number of hydrogen-bond donors (Lipinski definition) is 0. The maximum Gasteiger partial charge on any atom is 0.246 e. The second-order valence-electron chi connectivity index (χ2n) is 8.27. The number of amides is 1. The summed E-state index contributed by atoms with van der Waals surface area (Å²) in [5.41, 5.74) is 2.55. The lowest BCUT2D eigenvalue weighted by Crippen LogP contribution is -2.46. The number of aldehydes is 1. The van der Waals surface area contributed by atoms with E-state index in [1.165, 1.54) is 6.42 Å². The van der Waals surface area contributed by atoms with Crippen molar-refractivity contribution < 1.29 is 9.59 Å². The Morgan fingerprint density at radius 1 is 1.17 bits per heavy atom. The number of carbonyl (C=O) groups excluding carboxylic acids is 2. The largest absolute Gasteiger partial charge is 0.340 e. The highest BCUT2D eigenvalue weighted by molar-refractivity contribution is 6.33. The van der Waals surface area contributed by atoms with Gasteiger partial charge in [0.1, 0.15) is 0 Å². The number of rotatable bonds is 6. The minimum Gasteiger partial charge on any atom is -0.340 e. The van der Waals surface area contributed by atoms with Crippen LogP contribution in [0.2, 0.25) is 10.0 Å². The molecule has 2 aliphatic rings. The first-order chi connectivity index (χ1) is 16.8. The molecule has 194 valence electrons. The molecule has 1 amide bonds. The molecule has 5 nitrogen and oxygen atoms in total. The second-order valence-corrected chi connectivity index (χ2v) is 9.11. The number of allylic oxidation sites excluding steroid dienone is 2. The summed E-state index contributed by atoms with van der Waals surface area (Å²) in [5.74, 6) is 0.0261. The van der Waals surface area contributed by atoms with E-state index in [0.29, 0.717) is 31.4 Å². The van der Waals surface area contributed by atoms with Crippen LogP contribution in [-0.4, -0.2) is 66.2 Å². The van der Waals surface area contributed by atoms with Crippen molar-refractivity contribution in [1.29, 1.82) is 0 Å². The van der Waals surface area contributed by atoms with Crippen molar-refractivity contribution in [3.8, 4) is 0 Å². The van der Waals surface area contributed by atoms with E-state index in [9.17, 15) is 9.59 Å². The molecule has 0 bridgehead atoms. The summed E-state index contributed by atoms with van der Waals surface area (Å²) in [7, 11) is 2.09. The summed E-state index contributed by atoms with van der Waals surface area (Å²) in [6.07, 6.45) is 10.5. The van der Waals surface area contributed by atoms with Crippen LogP contribution in [0.15, 0.2) is 54.4 Å². The number of aryl methyl sites for hydroxylation is 1. The van der Waals surface area contributed by atoms with Crippen LogP contribution >= 0.6 is 23.2 Å². The summed E-state index contributed by atoms with van der Waals surface area (Å²) in [5, 5.41) is 1.55. The molecule has 0 N–H and O–H groups in total. The highest BCUT2D eigenvalue weighted by atomic mass is 35.5. The molecule has 1 aromatic rings. The fraction of sp³-hybridized carbons (Fsp3) is 0.500. The van der Waals surface area contributed by atoms with Crippen molar-refractivity contribution in [2.45, 2.75) is 59.4 Å². The molecular formula is C28H41Cl2N3O2. The lowest BCUT2D eigenvalue weighted by molar-refractivity contribution is -0.126. The van der Waals surface area contributed by atoms with Gasteiger partial charge in [-0.1, -0.05) is 69.6 Å². The third-order valence-electron chi connectivity index (χ3n) is 5.93. The number of hydrogen-bond acceptors (Lipinski definition) is 4. The highest BCUT2D eigenvalue weighted by Gasteiger charge is 2.24. The van der Waals surface area contributed by atoms with Gasteiger partial charge in [-0.15, -0.1) is 0 Å². The van der Waals surface area contributed by atoms with E-state index in [2.05, 4.69) is 25.5 Å². The van der Waals surface area contributed by atoms with Gasteiger partial charge in [0.05, 0.1) is 12.2 Å². The molecule has 0 aliphatic carbocycles. The van der Waals surface area contributed by atoms with Crippen LogP contribution in [0.25, 0.3) is 0 Å². The van der Waals surface area contributed by atoms with E-state index in [-0.39, 0.29) is 5.91 Å². The average molecular weight is 523 g/mol. The molecule has 35 heavy (non-hydrogen) atoms. The number of halogens is 2. The fourth-order valence-corrected chi connectivity index (χ4v) is 4.43. The molecule has 3 rings (SSSR count). The van der Waals surface area contributed by atoms with E-state index in [4.69, 9.17) is 23.2 Å². The Balaban J connectivity index is 0.000000425. The minimum absolute atomic E-state index is 0.0261. The van der Waals surface area contributed by atoms with Crippen LogP contribution in [0.5, 0.6) is 0 Å². The molecular weight excluding hydrogens is 481 g/mol. The van der Waals surface area contributed by atoms with Gasteiger partial charge in [0.25, 0.3) is 0 Å². The Labute approximate surface area is 222 Å². The Morgan fingerprint density at radius 3 is 2.40 bits per heavy atom. The number of likely N-dealkylation sites (N-methyl/N-ethyl adjacent to an activating group) is 1. The highest BCUT2D eigenvalue weighted by Crippen LogP contribution is 2.21. The van der Waals surface area contributed by atoms with E-state index >= 15 is 0 Å². The molecule has 0 radical (unpaired) electrons. The Bertz CT molecular complexity index is 898. The number of piperazine rings is 1. The number of carbonyl (C=O) groups is 2. The second kappa shape index (κ2) is 16.6. The zero-order valence-corrected chi connectivity index (χ0v) is 23.4. The topological polar surface area (TPSA) is 43.9 Å². The summed E-state index contributed by atoms with van der Waals surface area (Å²) in [6.45, 7) is 14.9. The first kappa shape index (κ1) is 31.0. The van der Waals surface area contributed by atoms with Crippen LogP contribution < -0.4 is 0 Å². The van der Waals surface area contributed by atoms with Crippen molar-refractivity contribution in [3.63, 3.8) is 0 Å². The average Bonchev–Trinajstić information content (AvgIpc) is 3.28. The molecule has 1 aromatic carbocycles. The van der Waals surface area contributed by atoms with Gasteiger partial charge in [-0.2, -0.15) is 0 Å². The molecule has 0 saturated carbocycles. The summed E-state index contributed by atoms with van der Waals surface area (Å²) in [6, 6.07) is 5.88. The number of likely N-dealkylation sites (tertiary alicyclic amines) is 1. The zero-order chi connectivity index (χ0) is 26.4. The first-order valence-corrected chi connectivity index (χ1v) is 13.3. The van der Waals surface area contributed by atoms with E-state index in [1.54, 1.807) is 17.0 Å². The third-order valence-corrected chi connectivity index (χ3v) is 6.54. The van der Waals surface area contributed by atoms with Gasteiger partial charge in [0, 0.05) is 40.9 Å². The number of benzene rings is 1. The minimum atomic E-state index is 0.0261. The molecule has 0 aromatic heterocycles. The summed E-state index contributed by atoms with van der Waals surface area (Å²) < 4.78 is 0. The van der Waals surface area contributed by atoms with Crippen molar-refractivity contribution in [2.24, 2.45) is 0 Å². The zero-order valence-electron chi connectivity index (χ0n) is 21.9. The molecule has 2 saturated heterocycles. The molecule has 2 fully saturated rings. The van der Waals surface area contributed by atoms with E-state index in [0.717, 1.165) is 53.4 Å². The normalized spacial score (nSPS) is 18.7. The SMILES string of the molecule is C=C1CN(C(=O)/C=C/C2CCCN2C)CCN1/C(C=O)=C\CC.CC.CCc1cc(Cl)ccc1Cl. The smallest absolute Gasteiger partial charge is 0.246 e. The standard InChI is InChI=1S/C18H27N3O2.C8H8Cl2.C2H6/c1-4-6-17(14-22)21-12-11-20(13-15(21)2)18(23)9-8-16-7-5-10-19(16)3;1-2-6-5-7(9)3-4-8(6)10;1-2/h6,8-9,14,16H,2,4-5,7,10-13H2,1,3H3;3-5H,2H2,1H3;1-2H3/b9-8+,17-6-;;. The fourth-order valence-electron chi connectivity index (χ4n) is 3.99. The van der Waals surface area contributed by atoms with Gasteiger partial charge in [0.15, 0.2) is 6.29 Å². The van der Waals surface area contributed by atoms with Gasteiger partial charge >= 0.3 is 0 Å². The predicted octanol–water partition coefficient (Wildman–Crippen LogP) is 6.37. The molecule has 2 heterocycles. The van der Waals surface area contributed by atoms with Gasteiger partial charge < -0.3 is 9.80 Å². The molecule has 1 atom stereocenters. The Kier molecular flexibility index (Phi) is 14.6. The molecule has 2 aliphatic heterocycles. The van der Waals surface area contributed by atoms with Crippen LogP contribution in [0.3, 0.4) is 0 Å². The lowest BCUT2D eigenvalue weighted by atomic mass is 10.2. The maximum absolute atomic E-state index is 12.4.